The number of halogens is 1. The highest BCUT2D eigenvalue weighted by Gasteiger charge is 2.14. The number of hydrogen-bond acceptors (Lipinski definition) is 5. The van der Waals surface area contributed by atoms with Crippen molar-refractivity contribution in [3.05, 3.63) is 77.9 Å². The van der Waals surface area contributed by atoms with Gasteiger partial charge in [-0.3, -0.25) is 9.20 Å². The number of fused-ring (bicyclic) bond motifs is 3. The molecule has 3 aromatic heterocycles. The van der Waals surface area contributed by atoms with Gasteiger partial charge in [-0.2, -0.15) is 5.10 Å². The van der Waals surface area contributed by atoms with E-state index in [0.29, 0.717) is 16.5 Å². The molecule has 0 bridgehead atoms. The average molecular weight is 447 g/mol. The van der Waals surface area contributed by atoms with E-state index < -0.39 is 0 Å². The molecule has 0 fully saturated rings. The molecule has 32 heavy (non-hydrogen) atoms. The number of hydrogen-bond donors (Lipinski definition) is 1. The number of rotatable bonds is 5. The Morgan fingerprint density at radius 3 is 2.66 bits per heavy atom. The van der Waals surface area contributed by atoms with E-state index in [1.807, 2.05) is 48.7 Å². The number of carbonyl (C=O) groups is 1. The lowest BCUT2D eigenvalue weighted by Gasteiger charge is -2.08. The third-order valence-electron chi connectivity index (χ3n) is 5.11. The van der Waals surface area contributed by atoms with Crippen molar-refractivity contribution in [3.63, 3.8) is 0 Å². The minimum absolute atomic E-state index is 0.109. The molecule has 0 aliphatic heterocycles. The molecule has 5 aromatic rings. The van der Waals surface area contributed by atoms with Crippen LogP contribution in [0.15, 0.2) is 66.1 Å². The predicted octanol–water partition coefficient (Wildman–Crippen LogP) is 4.53. The second-order valence-electron chi connectivity index (χ2n) is 7.50. The third kappa shape index (κ3) is 3.82. The quantitative estimate of drug-likeness (QED) is 0.402. The van der Waals surface area contributed by atoms with Crippen molar-refractivity contribution in [2.24, 2.45) is 0 Å². The van der Waals surface area contributed by atoms with Gasteiger partial charge in [-0.1, -0.05) is 29.5 Å². The van der Waals surface area contributed by atoms with Crippen LogP contribution in [0.2, 0.25) is 0 Å². The van der Waals surface area contributed by atoms with E-state index in [1.165, 1.54) is 23.9 Å². The van der Waals surface area contributed by atoms with E-state index in [9.17, 15) is 9.18 Å². The van der Waals surface area contributed by atoms with Crippen LogP contribution in [0.3, 0.4) is 0 Å². The van der Waals surface area contributed by atoms with Gasteiger partial charge < -0.3 is 5.32 Å². The summed E-state index contributed by atoms with van der Waals surface area (Å²) >= 11 is 1.31. The molecule has 2 aromatic carbocycles. The van der Waals surface area contributed by atoms with Gasteiger partial charge in [0.25, 0.3) is 0 Å². The summed E-state index contributed by atoms with van der Waals surface area (Å²) in [4.78, 5) is 12.4. The van der Waals surface area contributed by atoms with Gasteiger partial charge in [-0.05, 0) is 55.8 Å². The Balaban J connectivity index is 1.36. The Hall–Kier alpha value is -3.72. The summed E-state index contributed by atoms with van der Waals surface area (Å²) in [7, 11) is 0. The molecule has 1 amide bonds. The van der Waals surface area contributed by atoms with Gasteiger partial charge in [-0.15, -0.1) is 10.2 Å². The smallest absolute Gasteiger partial charge is 0.234 e. The van der Waals surface area contributed by atoms with E-state index in [-0.39, 0.29) is 17.5 Å². The van der Waals surface area contributed by atoms with Crippen molar-refractivity contribution in [2.45, 2.75) is 19.0 Å². The van der Waals surface area contributed by atoms with Crippen LogP contribution in [-0.4, -0.2) is 35.9 Å². The highest BCUT2D eigenvalue weighted by molar-refractivity contribution is 7.99. The van der Waals surface area contributed by atoms with Crippen molar-refractivity contribution < 1.29 is 9.18 Å². The molecular weight excluding hydrogens is 427 g/mol. The van der Waals surface area contributed by atoms with Crippen LogP contribution < -0.4 is 5.32 Å². The fourth-order valence-electron chi connectivity index (χ4n) is 3.52. The summed E-state index contributed by atoms with van der Waals surface area (Å²) in [5.41, 5.74) is 5.90. The molecule has 0 atom stereocenters. The molecule has 0 saturated heterocycles. The fraction of sp³-hybridized carbons (Fsp3) is 0.130. The molecule has 0 saturated carbocycles. The lowest BCUT2D eigenvalue weighted by atomic mass is 10.1. The number of aromatic nitrogens is 5. The highest BCUT2D eigenvalue weighted by atomic mass is 32.2. The van der Waals surface area contributed by atoms with Gasteiger partial charge in [-0.25, -0.2) is 8.91 Å². The van der Waals surface area contributed by atoms with E-state index >= 15 is 0 Å². The third-order valence-corrected chi connectivity index (χ3v) is 6.06. The van der Waals surface area contributed by atoms with Crippen LogP contribution in [0.1, 0.15) is 11.1 Å². The first kappa shape index (κ1) is 20.2. The van der Waals surface area contributed by atoms with E-state index in [4.69, 9.17) is 0 Å². The fourth-order valence-corrected chi connectivity index (χ4v) is 4.24. The zero-order chi connectivity index (χ0) is 22.2. The Labute approximate surface area is 187 Å². The predicted molar refractivity (Wildman–Crippen MR) is 122 cm³/mol. The molecule has 0 unspecified atom stereocenters. The van der Waals surface area contributed by atoms with Crippen molar-refractivity contribution in [2.75, 3.05) is 11.1 Å². The SMILES string of the molecule is Cc1ccc(NC(=O)CSc2nnc3c4cc(-c5ccc(F)cc5)nn4ccn23)c(C)c1. The van der Waals surface area contributed by atoms with Crippen molar-refractivity contribution >= 4 is 34.5 Å². The average Bonchev–Trinajstić information content (AvgIpc) is 3.38. The lowest BCUT2D eigenvalue weighted by molar-refractivity contribution is -0.113. The van der Waals surface area contributed by atoms with Gasteiger partial charge in [0.05, 0.1) is 11.4 Å². The Morgan fingerprint density at radius 2 is 1.88 bits per heavy atom. The maximum Gasteiger partial charge on any atom is 0.234 e. The number of nitrogens with one attached hydrogen (secondary N) is 1. The highest BCUT2D eigenvalue weighted by Crippen LogP contribution is 2.25. The molecule has 9 heteroatoms. The molecule has 0 spiro atoms. The van der Waals surface area contributed by atoms with Crippen LogP contribution in [0.25, 0.3) is 22.4 Å². The molecule has 0 aliphatic rings. The molecule has 160 valence electrons. The first-order valence-corrected chi connectivity index (χ1v) is 11.0. The summed E-state index contributed by atoms with van der Waals surface area (Å²) in [6.45, 7) is 3.99. The number of aryl methyl sites for hydroxylation is 2. The second-order valence-corrected chi connectivity index (χ2v) is 8.44. The van der Waals surface area contributed by atoms with Gasteiger partial charge in [0.1, 0.15) is 11.3 Å². The number of benzene rings is 2. The van der Waals surface area contributed by atoms with Crippen LogP contribution in [0.5, 0.6) is 0 Å². The van der Waals surface area contributed by atoms with Gasteiger partial charge >= 0.3 is 0 Å². The number of amides is 1. The summed E-state index contributed by atoms with van der Waals surface area (Å²) in [5, 5.41) is 16.7. The first-order valence-electron chi connectivity index (χ1n) is 9.97. The molecule has 0 radical (unpaired) electrons. The molecule has 5 rings (SSSR count). The Bertz CT molecular complexity index is 1460. The molecule has 1 N–H and O–H groups in total. The van der Waals surface area contributed by atoms with E-state index in [2.05, 4.69) is 20.6 Å². The summed E-state index contributed by atoms with van der Waals surface area (Å²) in [5.74, 6) is -0.192. The maximum absolute atomic E-state index is 13.2. The monoisotopic (exact) mass is 446 g/mol. The number of carbonyl (C=O) groups excluding carboxylic acids is 1. The second kappa shape index (κ2) is 8.08. The standard InChI is InChI=1S/C23H19FN6OS/c1-14-3-8-18(15(2)11-14)25-21(31)13-32-23-27-26-22-20-12-19(16-4-6-17(24)7-5-16)28-30(20)10-9-29(22)23/h3-12H,13H2,1-2H3,(H,25,31). The normalized spacial score (nSPS) is 11.3. The summed E-state index contributed by atoms with van der Waals surface area (Å²) in [6, 6.07) is 14.0. The molecular formula is C23H19FN6OS. The van der Waals surface area contributed by atoms with Crippen LogP contribution in [0.4, 0.5) is 10.1 Å². The number of anilines is 1. The van der Waals surface area contributed by atoms with Gasteiger partial charge in [0, 0.05) is 23.6 Å². The number of thioether (sulfide) groups is 1. The summed E-state index contributed by atoms with van der Waals surface area (Å²) < 4.78 is 16.8. The largest absolute Gasteiger partial charge is 0.325 e. The van der Waals surface area contributed by atoms with Crippen molar-refractivity contribution in [1.29, 1.82) is 0 Å². The van der Waals surface area contributed by atoms with Crippen LogP contribution in [-0.2, 0) is 4.79 Å². The van der Waals surface area contributed by atoms with Gasteiger partial charge in [0.2, 0.25) is 5.91 Å². The minimum Gasteiger partial charge on any atom is -0.325 e. The van der Waals surface area contributed by atoms with Crippen molar-refractivity contribution in [3.8, 4) is 11.3 Å². The van der Waals surface area contributed by atoms with Crippen LogP contribution in [0, 0.1) is 19.7 Å². The summed E-state index contributed by atoms with van der Waals surface area (Å²) in [6.07, 6.45) is 3.62. The Kier molecular flexibility index (Phi) is 5.10. The molecule has 7 nitrogen and oxygen atoms in total. The van der Waals surface area contributed by atoms with E-state index in [1.54, 1.807) is 22.8 Å². The Morgan fingerprint density at radius 1 is 1.06 bits per heavy atom. The lowest BCUT2D eigenvalue weighted by Crippen LogP contribution is -2.15. The zero-order valence-electron chi connectivity index (χ0n) is 17.4. The van der Waals surface area contributed by atoms with Crippen LogP contribution >= 0.6 is 11.8 Å². The zero-order valence-corrected chi connectivity index (χ0v) is 18.2. The topological polar surface area (TPSA) is 76.6 Å². The molecule has 3 heterocycles. The van der Waals surface area contributed by atoms with Gasteiger partial charge in [0.15, 0.2) is 10.8 Å². The minimum atomic E-state index is -0.291. The first-order chi connectivity index (χ1) is 15.5. The number of nitrogens with zero attached hydrogens (tertiary/aromatic N) is 5. The van der Waals surface area contributed by atoms with Crippen molar-refractivity contribution in [1.82, 2.24) is 24.2 Å². The molecule has 0 aliphatic carbocycles. The van der Waals surface area contributed by atoms with E-state index in [0.717, 1.165) is 27.9 Å². The maximum atomic E-state index is 13.2.